The smallest absolute Gasteiger partial charge is 0.161 e. The fraction of sp³-hybridized carbons (Fsp3) is 0.355. The first-order chi connectivity index (χ1) is 17.1. The topological polar surface area (TPSA) is 30.9 Å². The minimum atomic E-state index is 0.604. The van der Waals surface area contributed by atoms with E-state index in [2.05, 4.69) is 66.6 Å². The summed E-state index contributed by atoms with van der Waals surface area (Å²) in [4.78, 5) is 2.44. The third-order valence-electron chi connectivity index (χ3n) is 6.71. The molecule has 184 valence electrons. The Morgan fingerprint density at radius 1 is 0.771 bits per heavy atom. The number of methoxy groups -OCH3 is 2. The van der Waals surface area contributed by atoms with Crippen LogP contribution in [0.15, 0.2) is 72.3 Å². The molecule has 4 rings (SSSR count). The van der Waals surface area contributed by atoms with E-state index in [-0.39, 0.29) is 0 Å². The Balaban J connectivity index is 1.19. The zero-order valence-corrected chi connectivity index (χ0v) is 21.3. The van der Waals surface area contributed by atoms with Gasteiger partial charge in [0, 0.05) is 6.54 Å². The summed E-state index contributed by atoms with van der Waals surface area (Å²) >= 11 is 0. The second kappa shape index (κ2) is 12.5. The molecule has 0 radical (unpaired) electrons. The summed E-state index contributed by atoms with van der Waals surface area (Å²) in [7, 11) is 5.61. The van der Waals surface area contributed by atoms with E-state index in [1.165, 1.54) is 34.2 Å². The minimum Gasteiger partial charge on any atom is -0.493 e. The number of hydrogen-bond acceptors (Lipinski definition) is 4. The highest BCUT2D eigenvalue weighted by Crippen LogP contribution is 2.35. The Morgan fingerprint density at radius 3 is 2.26 bits per heavy atom. The van der Waals surface area contributed by atoms with Crippen molar-refractivity contribution in [2.24, 2.45) is 0 Å². The molecule has 35 heavy (non-hydrogen) atoms. The van der Waals surface area contributed by atoms with E-state index in [0.717, 1.165) is 56.0 Å². The number of ether oxygens (including phenoxy) is 3. The van der Waals surface area contributed by atoms with Gasteiger partial charge in [-0.05, 0) is 92.2 Å². The fourth-order valence-electron chi connectivity index (χ4n) is 4.57. The average molecular weight is 472 g/mol. The summed E-state index contributed by atoms with van der Waals surface area (Å²) in [5, 5.41) is 0. The first kappa shape index (κ1) is 24.9. The number of rotatable bonds is 12. The van der Waals surface area contributed by atoms with Gasteiger partial charge < -0.3 is 19.1 Å². The van der Waals surface area contributed by atoms with E-state index in [9.17, 15) is 0 Å². The summed E-state index contributed by atoms with van der Waals surface area (Å²) in [5.41, 5.74) is 6.68. The lowest BCUT2D eigenvalue weighted by molar-refractivity contribution is 0.306. The molecule has 0 unspecified atom stereocenters. The molecule has 0 saturated heterocycles. The van der Waals surface area contributed by atoms with Crippen LogP contribution in [0.25, 0.3) is 6.08 Å². The van der Waals surface area contributed by atoms with Crippen molar-refractivity contribution in [2.75, 3.05) is 34.4 Å². The molecule has 0 fully saturated rings. The highest BCUT2D eigenvalue weighted by Gasteiger charge is 2.15. The highest BCUT2D eigenvalue weighted by molar-refractivity contribution is 5.64. The van der Waals surface area contributed by atoms with Gasteiger partial charge in [0.25, 0.3) is 0 Å². The van der Waals surface area contributed by atoms with E-state index in [4.69, 9.17) is 14.2 Å². The predicted octanol–water partition coefficient (Wildman–Crippen LogP) is 6.57. The molecule has 0 heterocycles. The van der Waals surface area contributed by atoms with Crippen LogP contribution in [-0.4, -0.2) is 39.3 Å². The lowest BCUT2D eigenvalue weighted by Gasteiger charge is -2.20. The van der Waals surface area contributed by atoms with Crippen LogP contribution in [0, 0.1) is 0 Å². The lowest BCUT2D eigenvalue weighted by Crippen LogP contribution is -2.22. The number of aryl methyl sites for hydroxylation is 1. The molecule has 0 N–H and O–H groups in total. The SMILES string of the molecule is COc1cc2c(cc1OC)CCC(CCCN(C)CCc1ccc(OCc3ccccc3)cc1)=C2. The third-order valence-corrected chi connectivity index (χ3v) is 6.71. The van der Waals surface area contributed by atoms with E-state index in [1.807, 2.05) is 18.2 Å². The van der Waals surface area contributed by atoms with Gasteiger partial charge in [0.05, 0.1) is 14.2 Å². The normalized spacial score (nSPS) is 12.7. The number of benzene rings is 3. The first-order valence-electron chi connectivity index (χ1n) is 12.5. The molecule has 1 aliphatic carbocycles. The molecule has 0 saturated carbocycles. The van der Waals surface area contributed by atoms with Crippen LogP contribution in [0.4, 0.5) is 0 Å². The maximum Gasteiger partial charge on any atom is 0.161 e. The molecular weight excluding hydrogens is 434 g/mol. The number of allylic oxidation sites excluding steroid dienone is 1. The van der Waals surface area contributed by atoms with Gasteiger partial charge in [0.1, 0.15) is 12.4 Å². The molecular formula is C31H37NO3. The van der Waals surface area contributed by atoms with E-state index in [0.29, 0.717) is 6.61 Å². The molecule has 0 aliphatic heterocycles. The van der Waals surface area contributed by atoms with Crippen molar-refractivity contribution in [2.45, 2.75) is 38.7 Å². The van der Waals surface area contributed by atoms with Crippen LogP contribution >= 0.6 is 0 Å². The zero-order valence-electron chi connectivity index (χ0n) is 21.3. The third kappa shape index (κ3) is 7.12. The molecule has 0 spiro atoms. The van der Waals surface area contributed by atoms with Crippen LogP contribution < -0.4 is 14.2 Å². The summed E-state index contributed by atoms with van der Waals surface area (Å²) in [6, 6.07) is 23.0. The van der Waals surface area contributed by atoms with Gasteiger partial charge in [0.15, 0.2) is 11.5 Å². The monoisotopic (exact) mass is 471 g/mol. The van der Waals surface area contributed by atoms with Gasteiger partial charge in [-0.1, -0.05) is 54.1 Å². The van der Waals surface area contributed by atoms with Crippen molar-refractivity contribution in [3.63, 3.8) is 0 Å². The Hall–Kier alpha value is -3.24. The summed E-state index contributed by atoms with van der Waals surface area (Å²) in [5.74, 6) is 2.54. The Bertz CT molecular complexity index is 1110. The lowest BCUT2D eigenvalue weighted by atomic mass is 9.89. The van der Waals surface area contributed by atoms with Gasteiger partial charge >= 0.3 is 0 Å². The second-order valence-electron chi connectivity index (χ2n) is 9.28. The van der Waals surface area contributed by atoms with Gasteiger partial charge in [-0.25, -0.2) is 0 Å². The highest BCUT2D eigenvalue weighted by atomic mass is 16.5. The standard InChI is InChI=1S/C31H37NO3/c1-32(19-17-24-12-15-29(16-13-24)35-23-26-8-5-4-6-9-26)18-7-10-25-11-14-27-21-30(33-2)31(34-3)22-28(27)20-25/h4-6,8-9,12-13,15-16,20-22H,7,10-11,14,17-19,23H2,1-3H3. The number of likely N-dealkylation sites (N-methyl/N-ethyl adjacent to an activating group) is 1. The van der Waals surface area contributed by atoms with Crippen molar-refractivity contribution in [1.29, 1.82) is 0 Å². The molecule has 4 heteroatoms. The molecule has 0 aromatic heterocycles. The van der Waals surface area contributed by atoms with Crippen LogP contribution in [-0.2, 0) is 19.4 Å². The van der Waals surface area contributed by atoms with Crippen molar-refractivity contribution in [3.05, 3.63) is 94.6 Å². The van der Waals surface area contributed by atoms with E-state index < -0.39 is 0 Å². The first-order valence-corrected chi connectivity index (χ1v) is 12.5. The molecule has 3 aromatic carbocycles. The predicted molar refractivity (Wildman–Crippen MR) is 143 cm³/mol. The van der Waals surface area contributed by atoms with Crippen LogP contribution in [0.3, 0.4) is 0 Å². The maximum absolute atomic E-state index is 5.90. The summed E-state index contributed by atoms with van der Waals surface area (Å²) < 4.78 is 16.8. The average Bonchev–Trinajstić information content (AvgIpc) is 2.91. The number of nitrogens with zero attached hydrogens (tertiary/aromatic N) is 1. The Morgan fingerprint density at radius 2 is 1.51 bits per heavy atom. The number of hydrogen-bond donors (Lipinski definition) is 0. The van der Waals surface area contributed by atoms with Crippen molar-refractivity contribution >= 4 is 6.08 Å². The number of fused-ring (bicyclic) bond motifs is 1. The molecule has 3 aromatic rings. The second-order valence-corrected chi connectivity index (χ2v) is 9.28. The van der Waals surface area contributed by atoms with Gasteiger partial charge in [-0.3, -0.25) is 0 Å². The fourth-order valence-corrected chi connectivity index (χ4v) is 4.57. The quantitative estimate of drug-likeness (QED) is 0.299. The van der Waals surface area contributed by atoms with Crippen molar-refractivity contribution in [1.82, 2.24) is 4.90 Å². The molecule has 0 bridgehead atoms. The largest absolute Gasteiger partial charge is 0.493 e. The zero-order chi connectivity index (χ0) is 24.5. The van der Waals surface area contributed by atoms with E-state index in [1.54, 1.807) is 14.2 Å². The molecule has 0 amide bonds. The van der Waals surface area contributed by atoms with Crippen molar-refractivity contribution in [3.8, 4) is 17.2 Å². The molecule has 0 atom stereocenters. The maximum atomic E-state index is 5.90. The Labute approximate surface area is 210 Å². The summed E-state index contributed by atoms with van der Waals surface area (Å²) in [6.07, 6.45) is 7.92. The van der Waals surface area contributed by atoms with Crippen LogP contribution in [0.2, 0.25) is 0 Å². The minimum absolute atomic E-state index is 0.604. The van der Waals surface area contributed by atoms with Gasteiger partial charge in [0.2, 0.25) is 0 Å². The van der Waals surface area contributed by atoms with Crippen molar-refractivity contribution < 1.29 is 14.2 Å². The van der Waals surface area contributed by atoms with Crippen LogP contribution in [0.1, 0.15) is 41.5 Å². The summed E-state index contributed by atoms with van der Waals surface area (Å²) in [6.45, 7) is 2.77. The van der Waals surface area contributed by atoms with Crippen LogP contribution in [0.5, 0.6) is 17.2 Å². The molecule has 1 aliphatic rings. The van der Waals surface area contributed by atoms with Gasteiger partial charge in [-0.2, -0.15) is 0 Å². The van der Waals surface area contributed by atoms with Gasteiger partial charge in [-0.15, -0.1) is 0 Å². The van der Waals surface area contributed by atoms with E-state index >= 15 is 0 Å². The molecule has 4 nitrogen and oxygen atoms in total. The Kier molecular flexibility index (Phi) is 8.85.